The quantitative estimate of drug-likeness (QED) is 0.877. The van der Waals surface area contributed by atoms with Crippen molar-refractivity contribution in [1.29, 1.82) is 0 Å². The fourth-order valence-electron chi connectivity index (χ4n) is 2.16. The van der Waals surface area contributed by atoms with Gasteiger partial charge in [-0.15, -0.1) is 0 Å². The maximum Gasteiger partial charge on any atom is 0.249 e. The van der Waals surface area contributed by atoms with Crippen molar-refractivity contribution in [2.75, 3.05) is 0 Å². The number of pyridine rings is 1. The summed E-state index contributed by atoms with van der Waals surface area (Å²) >= 11 is 0. The summed E-state index contributed by atoms with van der Waals surface area (Å²) in [7, 11) is 0. The zero-order chi connectivity index (χ0) is 14.5. The van der Waals surface area contributed by atoms with E-state index in [-0.39, 0.29) is 11.8 Å². The highest BCUT2D eigenvalue weighted by Crippen LogP contribution is 2.16. The van der Waals surface area contributed by atoms with Gasteiger partial charge in [-0.2, -0.15) is 0 Å². The minimum Gasteiger partial charge on any atom is -0.383 e. The van der Waals surface area contributed by atoms with Crippen LogP contribution in [0.1, 0.15) is 25.8 Å². The van der Waals surface area contributed by atoms with Gasteiger partial charge < -0.3 is 10.4 Å². The number of amides is 1. The summed E-state index contributed by atoms with van der Waals surface area (Å²) in [6, 6.07) is 9.69. The van der Waals surface area contributed by atoms with Crippen molar-refractivity contribution < 1.29 is 9.90 Å². The molecule has 0 aliphatic rings. The van der Waals surface area contributed by atoms with E-state index < -0.39 is 6.10 Å². The van der Waals surface area contributed by atoms with Crippen molar-refractivity contribution in [1.82, 2.24) is 10.3 Å². The van der Waals surface area contributed by atoms with E-state index in [1.54, 1.807) is 6.20 Å². The van der Waals surface area contributed by atoms with E-state index in [4.69, 9.17) is 0 Å². The number of carbonyl (C=O) groups excluding carboxylic acids is 1. The maximum atomic E-state index is 11.8. The standard InChI is InChI=1S/C16H20N2O2/c1-11(2)9-15(19)16(20)18-10-12-7-8-17-14-6-4-3-5-13(12)14/h3-8,11,15,19H,9-10H2,1-2H3,(H,18,20)/t15-/m1/s1. The molecule has 2 N–H and O–H groups in total. The second-order valence-electron chi connectivity index (χ2n) is 5.35. The van der Waals surface area contributed by atoms with Crippen LogP contribution in [0.4, 0.5) is 0 Å². The van der Waals surface area contributed by atoms with Crippen molar-refractivity contribution in [3.05, 3.63) is 42.1 Å². The third kappa shape index (κ3) is 3.54. The molecule has 0 radical (unpaired) electrons. The molecule has 0 aliphatic heterocycles. The molecule has 0 bridgehead atoms. The Kier molecular flexibility index (Phi) is 4.69. The molecule has 1 atom stereocenters. The van der Waals surface area contributed by atoms with Crippen molar-refractivity contribution in [2.24, 2.45) is 5.92 Å². The predicted octanol–water partition coefficient (Wildman–Crippen LogP) is 2.26. The molecule has 0 aliphatic carbocycles. The van der Waals surface area contributed by atoms with E-state index in [9.17, 15) is 9.90 Å². The number of rotatable bonds is 5. The van der Waals surface area contributed by atoms with Gasteiger partial charge in [-0.3, -0.25) is 9.78 Å². The van der Waals surface area contributed by atoms with Crippen LogP contribution < -0.4 is 5.32 Å². The third-order valence-electron chi connectivity index (χ3n) is 3.19. The number of hydrogen-bond donors (Lipinski definition) is 2. The molecule has 20 heavy (non-hydrogen) atoms. The summed E-state index contributed by atoms with van der Waals surface area (Å²) in [5, 5.41) is 13.6. The molecule has 0 spiro atoms. The van der Waals surface area contributed by atoms with Gasteiger partial charge in [0, 0.05) is 18.1 Å². The molecule has 0 saturated carbocycles. The Balaban J connectivity index is 2.04. The van der Waals surface area contributed by atoms with Gasteiger partial charge in [0.15, 0.2) is 0 Å². The third-order valence-corrected chi connectivity index (χ3v) is 3.19. The highest BCUT2D eigenvalue weighted by molar-refractivity contribution is 5.83. The summed E-state index contributed by atoms with van der Waals surface area (Å²) < 4.78 is 0. The van der Waals surface area contributed by atoms with Gasteiger partial charge in [-0.25, -0.2) is 0 Å². The molecule has 4 nitrogen and oxygen atoms in total. The minimum absolute atomic E-state index is 0.289. The van der Waals surface area contributed by atoms with Gasteiger partial charge in [0.2, 0.25) is 5.91 Å². The van der Waals surface area contributed by atoms with E-state index in [2.05, 4.69) is 10.3 Å². The highest BCUT2D eigenvalue weighted by Gasteiger charge is 2.16. The van der Waals surface area contributed by atoms with Crippen LogP contribution in [0.2, 0.25) is 0 Å². The molecule has 0 unspecified atom stereocenters. The number of fused-ring (bicyclic) bond motifs is 1. The van der Waals surface area contributed by atoms with Crippen LogP contribution in [0, 0.1) is 5.92 Å². The highest BCUT2D eigenvalue weighted by atomic mass is 16.3. The molecule has 2 aromatic rings. The van der Waals surface area contributed by atoms with Crippen molar-refractivity contribution in [3.8, 4) is 0 Å². The number of aliphatic hydroxyl groups is 1. The zero-order valence-electron chi connectivity index (χ0n) is 11.8. The van der Waals surface area contributed by atoms with Gasteiger partial charge in [0.1, 0.15) is 6.10 Å². The molecule has 4 heteroatoms. The molecule has 1 heterocycles. The molecule has 2 rings (SSSR count). The summed E-state index contributed by atoms with van der Waals surface area (Å²) in [6.45, 7) is 4.36. The van der Waals surface area contributed by atoms with Crippen LogP contribution >= 0.6 is 0 Å². The first-order valence-corrected chi connectivity index (χ1v) is 6.86. The Hall–Kier alpha value is -1.94. The van der Waals surface area contributed by atoms with Gasteiger partial charge >= 0.3 is 0 Å². The van der Waals surface area contributed by atoms with Gasteiger partial charge in [-0.1, -0.05) is 32.0 Å². The van der Waals surface area contributed by atoms with E-state index in [1.807, 2.05) is 44.2 Å². The average Bonchev–Trinajstić information content (AvgIpc) is 2.44. The molecule has 0 fully saturated rings. The Morgan fingerprint density at radius 2 is 2.05 bits per heavy atom. The normalized spacial score (nSPS) is 12.6. The fourth-order valence-corrected chi connectivity index (χ4v) is 2.16. The van der Waals surface area contributed by atoms with Crippen molar-refractivity contribution in [2.45, 2.75) is 32.9 Å². The number of nitrogens with one attached hydrogen (secondary N) is 1. The summed E-state index contributed by atoms with van der Waals surface area (Å²) in [5.74, 6) is -0.0305. The largest absolute Gasteiger partial charge is 0.383 e. The number of carbonyl (C=O) groups is 1. The number of aliphatic hydroxyl groups excluding tert-OH is 1. The summed E-state index contributed by atoms with van der Waals surface area (Å²) in [4.78, 5) is 16.1. The molecular formula is C16H20N2O2. The van der Waals surface area contributed by atoms with E-state index in [1.165, 1.54) is 0 Å². The van der Waals surface area contributed by atoms with Crippen LogP contribution in [-0.4, -0.2) is 22.1 Å². The fraction of sp³-hybridized carbons (Fsp3) is 0.375. The molecule has 0 saturated heterocycles. The SMILES string of the molecule is CC(C)C[C@@H](O)C(=O)NCc1ccnc2ccccc12. The van der Waals surface area contributed by atoms with Crippen molar-refractivity contribution >= 4 is 16.8 Å². The molecule has 1 aromatic carbocycles. The van der Waals surface area contributed by atoms with E-state index >= 15 is 0 Å². The van der Waals surface area contributed by atoms with Gasteiger partial charge in [0.25, 0.3) is 0 Å². The maximum absolute atomic E-state index is 11.8. The summed E-state index contributed by atoms with van der Waals surface area (Å²) in [5.41, 5.74) is 1.91. The number of para-hydroxylation sites is 1. The van der Waals surface area contributed by atoms with Crippen LogP contribution in [-0.2, 0) is 11.3 Å². The Morgan fingerprint density at radius 3 is 2.80 bits per heavy atom. The molecular weight excluding hydrogens is 252 g/mol. The first-order chi connectivity index (χ1) is 9.58. The topological polar surface area (TPSA) is 62.2 Å². The second-order valence-corrected chi connectivity index (χ2v) is 5.35. The lowest BCUT2D eigenvalue weighted by molar-refractivity contribution is -0.130. The molecule has 1 amide bonds. The zero-order valence-corrected chi connectivity index (χ0v) is 11.8. The lowest BCUT2D eigenvalue weighted by atomic mass is 10.1. The molecule has 106 valence electrons. The Bertz CT molecular complexity index is 591. The number of nitrogens with zero attached hydrogens (tertiary/aromatic N) is 1. The second kappa shape index (κ2) is 6.48. The monoisotopic (exact) mass is 272 g/mol. The first-order valence-electron chi connectivity index (χ1n) is 6.86. The smallest absolute Gasteiger partial charge is 0.249 e. The first kappa shape index (κ1) is 14.5. The number of hydrogen-bond acceptors (Lipinski definition) is 3. The van der Waals surface area contributed by atoms with E-state index in [0.29, 0.717) is 13.0 Å². The Labute approximate surface area is 118 Å². The van der Waals surface area contributed by atoms with E-state index in [0.717, 1.165) is 16.5 Å². The van der Waals surface area contributed by atoms with Crippen LogP contribution in [0.25, 0.3) is 10.9 Å². The van der Waals surface area contributed by atoms with Crippen molar-refractivity contribution in [3.63, 3.8) is 0 Å². The van der Waals surface area contributed by atoms with Gasteiger partial charge in [-0.05, 0) is 30.0 Å². The summed E-state index contributed by atoms with van der Waals surface area (Å²) in [6.07, 6.45) is 1.26. The van der Waals surface area contributed by atoms with Crippen LogP contribution in [0.5, 0.6) is 0 Å². The predicted molar refractivity (Wildman–Crippen MR) is 79.1 cm³/mol. The average molecular weight is 272 g/mol. The lowest BCUT2D eigenvalue weighted by Crippen LogP contribution is -2.34. The number of benzene rings is 1. The Morgan fingerprint density at radius 1 is 1.30 bits per heavy atom. The van der Waals surface area contributed by atoms with Gasteiger partial charge in [0.05, 0.1) is 5.52 Å². The molecule has 1 aromatic heterocycles. The minimum atomic E-state index is -0.942. The lowest BCUT2D eigenvalue weighted by Gasteiger charge is -2.14. The number of aromatic nitrogens is 1. The van der Waals surface area contributed by atoms with Crippen LogP contribution in [0.15, 0.2) is 36.5 Å². The van der Waals surface area contributed by atoms with Crippen LogP contribution in [0.3, 0.4) is 0 Å².